The van der Waals surface area contributed by atoms with E-state index in [1.807, 2.05) is 23.5 Å². The second kappa shape index (κ2) is 15.5. The van der Waals surface area contributed by atoms with Gasteiger partial charge in [-0.2, -0.15) is 0 Å². The number of anilines is 6. The fourth-order valence-electron chi connectivity index (χ4n) is 13.3. The van der Waals surface area contributed by atoms with Gasteiger partial charge >= 0.3 is 0 Å². The molecule has 6 heterocycles. The van der Waals surface area contributed by atoms with Crippen molar-refractivity contribution in [3.05, 3.63) is 243 Å². The molecule has 8 heteroatoms. The zero-order chi connectivity index (χ0) is 48.2. The molecule has 0 spiro atoms. The highest BCUT2D eigenvalue weighted by atomic mass is 32.2. The lowest BCUT2D eigenvalue weighted by molar-refractivity contribution is 1.17. The van der Waals surface area contributed by atoms with Crippen molar-refractivity contribution in [3.8, 4) is 11.4 Å². The predicted molar refractivity (Wildman–Crippen MR) is 315 cm³/mol. The molecule has 0 fully saturated rings. The maximum atomic E-state index is 2.66. The number of para-hydroxylation sites is 6. The molecular formula is C66H40B2N4S2. The highest BCUT2D eigenvalue weighted by Crippen LogP contribution is 2.47. The molecular weight excluding hydrogens is 935 g/mol. The van der Waals surface area contributed by atoms with Crippen molar-refractivity contribution in [2.24, 2.45) is 0 Å². The van der Waals surface area contributed by atoms with Crippen molar-refractivity contribution in [2.75, 3.05) is 9.80 Å². The number of hydrogen-bond donors (Lipinski definition) is 0. The Hall–Kier alpha value is -8.55. The molecule has 11 aromatic carbocycles. The molecule has 0 unspecified atom stereocenters. The highest BCUT2D eigenvalue weighted by molar-refractivity contribution is 8.00. The van der Waals surface area contributed by atoms with Gasteiger partial charge in [0.05, 0.1) is 11.0 Å². The smallest absolute Gasteiger partial charge is 0.249 e. The Morgan fingerprint density at radius 3 is 1.23 bits per heavy atom. The van der Waals surface area contributed by atoms with E-state index in [1.165, 1.54) is 107 Å². The van der Waals surface area contributed by atoms with E-state index in [9.17, 15) is 0 Å². The van der Waals surface area contributed by atoms with Gasteiger partial charge in [-0.3, -0.25) is 0 Å². The Kier molecular flexibility index (Phi) is 8.57. The molecule has 4 aliphatic heterocycles. The summed E-state index contributed by atoms with van der Waals surface area (Å²) in [4.78, 5) is 10.0. The van der Waals surface area contributed by atoms with Gasteiger partial charge in [-0.1, -0.05) is 174 Å². The topological polar surface area (TPSA) is 16.3 Å². The quantitative estimate of drug-likeness (QED) is 0.154. The standard InChI is InChI=1S/C66H40B2N4S2/c1-5-17-41(18-6-1)69(42-19-7-2-8-20-42)45-33-36-50-59(39-45)74-58-32-16-30-56-63(58)67(50)52-27-13-25-47-48-35-38-54-61(66(48)72(56)64(47)52)49-26-14-28-53-65(49)71(54)55-29-15-31-57-62(55)68(53)51-37-34-46(40-60(51)73-57)70(43-21-9-3-10-22-43)44-23-11-4-12-24-44/h1-40H. The molecule has 0 radical (unpaired) electrons. The lowest BCUT2D eigenvalue weighted by Gasteiger charge is -2.34. The third-order valence-corrected chi connectivity index (χ3v) is 18.5. The van der Waals surface area contributed by atoms with Gasteiger partial charge < -0.3 is 18.9 Å². The van der Waals surface area contributed by atoms with E-state index in [2.05, 4.69) is 262 Å². The first-order valence-corrected chi connectivity index (χ1v) is 27.1. The number of rotatable bonds is 6. The van der Waals surface area contributed by atoms with E-state index in [0.29, 0.717) is 0 Å². The fraction of sp³-hybridized carbons (Fsp3) is 0. The van der Waals surface area contributed by atoms with Gasteiger partial charge in [0.1, 0.15) is 0 Å². The molecule has 0 aliphatic carbocycles. The fourth-order valence-corrected chi connectivity index (χ4v) is 15.7. The third-order valence-electron chi connectivity index (χ3n) is 16.2. The van der Waals surface area contributed by atoms with E-state index in [-0.39, 0.29) is 13.4 Å². The Bertz CT molecular complexity index is 4440. The van der Waals surface area contributed by atoms with Crippen LogP contribution in [-0.4, -0.2) is 22.6 Å². The lowest BCUT2D eigenvalue weighted by Crippen LogP contribution is -2.58. The van der Waals surface area contributed by atoms with E-state index in [1.54, 1.807) is 0 Å². The average molecular weight is 975 g/mol. The van der Waals surface area contributed by atoms with E-state index < -0.39 is 0 Å². The first-order valence-electron chi connectivity index (χ1n) is 25.5. The third kappa shape index (κ3) is 5.59. The molecule has 13 aromatic rings. The van der Waals surface area contributed by atoms with Crippen molar-refractivity contribution in [3.63, 3.8) is 0 Å². The first-order chi connectivity index (χ1) is 36.7. The van der Waals surface area contributed by atoms with E-state index >= 15 is 0 Å². The second-order valence-corrected chi connectivity index (χ2v) is 22.1. The minimum Gasteiger partial charge on any atom is -0.310 e. The first kappa shape index (κ1) is 41.0. The molecule has 0 amide bonds. The molecule has 342 valence electrons. The van der Waals surface area contributed by atoms with Gasteiger partial charge in [0.25, 0.3) is 0 Å². The number of nitrogens with zero attached hydrogens (tertiary/aromatic N) is 4. The summed E-state index contributed by atoms with van der Waals surface area (Å²) >= 11 is 3.83. The van der Waals surface area contributed by atoms with Crippen molar-refractivity contribution in [1.29, 1.82) is 0 Å². The summed E-state index contributed by atoms with van der Waals surface area (Å²) in [5, 5.41) is 5.21. The van der Waals surface area contributed by atoms with E-state index in [4.69, 9.17) is 0 Å². The lowest BCUT2D eigenvalue weighted by atomic mass is 9.35. The van der Waals surface area contributed by atoms with Crippen LogP contribution in [0.3, 0.4) is 0 Å². The van der Waals surface area contributed by atoms with Crippen LogP contribution in [0.2, 0.25) is 0 Å². The molecule has 0 atom stereocenters. The minimum atomic E-state index is 0.0905. The maximum Gasteiger partial charge on any atom is 0.249 e. The molecule has 17 rings (SSSR count). The van der Waals surface area contributed by atoms with Crippen molar-refractivity contribution in [1.82, 2.24) is 9.13 Å². The van der Waals surface area contributed by atoms with Crippen LogP contribution in [0.4, 0.5) is 34.1 Å². The second-order valence-electron chi connectivity index (χ2n) is 19.9. The summed E-state index contributed by atoms with van der Waals surface area (Å²) in [6, 6.07) is 90.3. The Morgan fingerprint density at radius 1 is 0.297 bits per heavy atom. The number of hydrogen-bond acceptors (Lipinski definition) is 4. The Balaban J connectivity index is 0.866. The average Bonchev–Trinajstić information content (AvgIpc) is 3.99. The number of benzene rings is 11. The van der Waals surface area contributed by atoms with Crippen LogP contribution >= 0.6 is 23.5 Å². The highest BCUT2D eigenvalue weighted by Gasteiger charge is 2.42. The molecule has 4 aliphatic rings. The van der Waals surface area contributed by atoms with Gasteiger partial charge in [-0.25, -0.2) is 0 Å². The SMILES string of the molecule is c1ccc(N(c2ccccc2)c2ccc3c(c2)Sc2cccc4c2B3c2cccc3c5c(ccc6c7cccc8c7n(c65)-c5cccc6c5B8c5ccc(N(c7ccccc7)c7ccccc7)cc5S6)n-4c23)cc1. The van der Waals surface area contributed by atoms with Gasteiger partial charge in [0, 0.05) is 97.7 Å². The maximum absolute atomic E-state index is 2.66. The minimum absolute atomic E-state index is 0.0905. The van der Waals surface area contributed by atoms with Gasteiger partial charge in [0.2, 0.25) is 13.4 Å². The van der Waals surface area contributed by atoms with Crippen molar-refractivity contribution >= 4 is 147 Å². The van der Waals surface area contributed by atoms with Crippen LogP contribution in [0.5, 0.6) is 0 Å². The molecule has 2 aromatic heterocycles. The van der Waals surface area contributed by atoms with Crippen molar-refractivity contribution < 1.29 is 0 Å². The summed E-state index contributed by atoms with van der Waals surface area (Å²) in [6.07, 6.45) is 0. The summed E-state index contributed by atoms with van der Waals surface area (Å²) in [5.41, 5.74) is 22.9. The zero-order valence-electron chi connectivity index (χ0n) is 39.9. The van der Waals surface area contributed by atoms with Gasteiger partial charge in [-0.05, 0) is 125 Å². The predicted octanol–water partition coefficient (Wildman–Crippen LogP) is 13.4. The van der Waals surface area contributed by atoms with Crippen molar-refractivity contribution in [2.45, 2.75) is 19.6 Å². The zero-order valence-corrected chi connectivity index (χ0v) is 41.5. The largest absolute Gasteiger partial charge is 0.310 e. The van der Waals surface area contributed by atoms with Crippen LogP contribution in [0.1, 0.15) is 0 Å². The number of aromatic nitrogens is 2. The van der Waals surface area contributed by atoms with Gasteiger partial charge in [-0.15, -0.1) is 0 Å². The molecule has 74 heavy (non-hydrogen) atoms. The summed E-state index contributed by atoms with van der Waals surface area (Å²) in [7, 11) is 0. The van der Waals surface area contributed by atoms with Crippen LogP contribution < -0.4 is 42.6 Å². The molecule has 0 saturated carbocycles. The Morgan fingerprint density at radius 2 is 0.730 bits per heavy atom. The molecule has 0 N–H and O–H groups in total. The molecule has 4 nitrogen and oxygen atoms in total. The van der Waals surface area contributed by atoms with Gasteiger partial charge in [0.15, 0.2) is 0 Å². The summed E-state index contributed by atoms with van der Waals surface area (Å²) in [5.74, 6) is 0. The monoisotopic (exact) mass is 974 g/mol. The molecule has 0 bridgehead atoms. The van der Waals surface area contributed by atoms with Crippen LogP contribution in [0.25, 0.3) is 55.0 Å². The summed E-state index contributed by atoms with van der Waals surface area (Å²) in [6.45, 7) is 0.186. The summed E-state index contributed by atoms with van der Waals surface area (Å²) < 4.78 is 5.26. The number of fused-ring (bicyclic) bond motifs is 15. The molecule has 0 saturated heterocycles. The normalized spacial score (nSPS) is 13.2. The van der Waals surface area contributed by atoms with Crippen LogP contribution in [0, 0.1) is 0 Å². The van der Waals surface area contributed by atoms with Crippen LogP contribution in [0.15, 0.2) is 262 Å². The Labute approximate surface area is 437 Å². The van der Waals surface area contributed by atoms with E-state index in [0.717, 1.165) is 34.1 Å². The van der Waals surface area contributed by atoms with Crippen LogP contribution in [-0.2, 0) is 0 Å².